The molecule has 59 valence electrons. The Balaban J connectivity index is 2.79. The van der Waals surface area contributed by atoms with Crippen LogP contribution in [0.25, 0.3) is 10.9 Å². The molecule has 0 aliphatic heterocycles. The summed E-state index contributed by atoms with van der Waals surface area (Å²) in [6.45, 7) is 0. The van der Waals surface area contributed by atoms with Gasteiger partial charge < -0.3 is 0 Å². The molecule has 1 aromatic carbocycles. The quantitative estimate of drug-likeness (QED) is 0.696. The normalized spacial score (nSPS) is 10.0. The van der Waals surface area contributed by atoms with E-state index in [0.29, 0.717) is 0 Å². The number of nitrogens with zero attached hydrogens (tertiary/aromatic N) is 1. The third-order valence-electron chi connectivity index (χ3n) is 1.69. The minimum absolute atomic E-state index is 0.771. The Morgan fingerprint density at radius 2 is 2.00 bits per heavy atom. The van der Waals surface area contributed by atoms with Gasteiger partial charge in [0.05, 0.1) is 0 Å². The van der Waals surface area contributed by atoms with Gasteiger partial charge in [0.15, 0.2) is 0 Å². The van der Waals surface area contributed by atoms with Crippen LogP contribution in [0, 0.1) is 0 Å². The van der Waals surface area contributed by atoms with Crippen LogP contribution in [-0.2, 0) is 16.6 Å². The summed E-state index contributed by atoms with van der Waals surface area (Å²) in [5, 5.41) is 1.09. The summed E-state index contributed by atoms with van der Waals surface area (Å²) in [4.78, 5) is 4.21. The van der Waals surface area contributed by atoms with E-state index >= 15 is 0 Å². The fraction of sp³-hybridized carbons (Fsp3) is 0. The van der Waals surface area contributed by atoms with Gasteiger partial charge in [0.25, 0.3) is 0 Å². The van der Waals surface area contributed by atoms with Crippen LogP contribution in [0.5, 0.6) is 5.75 Å². The molecule has 2 rings (SSSR count). The molecule has 0 N–H and O–H groups in total. The van der Waals surface area contributed by atoms with Crippen molar-refractivity contribution in [2.75, 3.05) is 0 Å². The Bertz CT molecular complexity index is 397. The van der Waals surface area contributed by atoms with E-state index in [0.717, 1.165) is 16.7 Å². The first-order valence-electron chi connectivity index (χ1n) is 3.55. The monoisotopic (exact) mass is 196 g/mol. The number of para-hydroxylation sites is 1. The topological polar surface area (TPSA) is 22.1 Å². The molecule has 0 atom stereocenters. The molecule has 3 heteroatoms. The van der Waals surface area contributed by atoms with E-state index in [4.69, 9.17) is 3.79 Å². The van der Waals surface area contributed by atoms with Gasteiger partial charge in [-0.25, -0.2) is 0 Å². The van der Waals surface area contributed by atoms with Gasteiger partial charge in [-0.3, -0.25) is 0 Å². The average molecular weight is 196 g/mol. The van der Waals surface area contributed by atoms with Crippen LogP contribution < -0.4 is 3.79 Å². The van der Waals surface area contributed by atoms with Gasteiger partial charge in [-0.2, -0.15) is 0 Å². The van der Waals surface area contributed by atoms with Gasteiger partial charge in [-0.1, -0.05) is 0 Å². The predicted molar refractivity (Wildman–Crippen MR) is 42.4 cm³/mol. The zero-order valence-electron chi connectivity index (χ0n) is 6.23. The van der Waals surface area contributed by atoms with Gasteiger partial charge in [-0.05, 0) is 0 Å². The van der Waals surface area contributed by atoms with E-state index in [2.05, 4.69) is 21.6 Å². The molecule has 0 spiro atoms. The molecule has 0 aliphatic rings. The molecule has 0 fully saturated rings. The van der Waals surface area contributed by atoms with E-state index in [1.807, 2.05) is 30.3 Å². The third-order valence-corrected chi connectivity index (χ3v) is 1.97. The Hall–Kier alpha value is -1.04. The first-order chi connectivity index (χ1) is 5.92. The van der Waals surface area contributed by atoms with Gasteiger partial charge in [-0.15, -0.1) is 0 Å². The SMILES string of the molecule is [Cr][O]c1cccc2cccnc12. The number of benzene rings is 1. The van der Waals surface area contributed by atoms with Gasteiger partial charge >= 0.3 is 78.6 Å². The van der Waals surface area contributed by atoms with Crippen molar-refractivity contribution in [2.24, 2.45) is 0 Å². The maximum absolute atomic E-state index is 5.04. The van der Waals surface area contributed by atoms with E-state index in [-0.39, 0.29) is 0 Å². The van der Waals surface area contributed by atoms with Crippen molar-refractivity contribution >= 4 is 10.9 Å². The molecule has 2 aromatic rings. The van der Waals surface area contributed by atoms with E-state index in [1.165, 1.54) is 0 Å². The van der Waals surface area contributed by atoms with Crippen LogP contribution in [0.4, 0.5) is 0 Å². The molecule has 0 saturated carbocycles. The molecule has 1 heterocycles. The third kappa shape index (κ3) is 1.18. The van der Waals surface area contributed by atoms with Crippen LogP contribution in [0.1, 0.15) is 0 Å². The van der Waals surface area contributed by atoms with E-state index in [1.54, 1.807) is 6.20 Å². The Labute approximate surface area is 78.9 Å². The maximum atomic E-state index is 5.04. The predicted octanol–water partition coefficient (Wildman–Crippen LogP) is 2.08. The second-order valence-electron chi connectivity index (χ2n) is 2.41. The molecule has 0 bridgehead atoms. The van der Waals surface area contributed by atoms with Gasteiger partial charge in [0.2, 0.25) is 0 Å². The summed E-state index contributed by atoms with van der Waals surface area (Å²) in [6, 6.07) is 9.74. The second kappa shape index (κ2) is 3.14. The number of hydrogen-bond donors (Lipinski definition) is 0. The fourth-order valence-electron chi connectivity index (χ4n) is 1.14. The molecular weight excluding hydrogens is 190 g/mol. The molecule has 0 unspecified atom stereocenters. The molecule has 0 amide bonds. The Kier molecular flexibility index (Phi) is 1.99. The van der Waals surface area contributed by atoms with E-state index < -0.39 is 0 Å². The van der Waals surface area contributed by atoms with Crippen molar-refractivity contribution in [1.29, 1.82) is 0 Å². The van der Waals surface area contributed by atoms with Crippen LogP contribution >= 0.6 is 0 Å². The van der Waals surface area contributed by atoms with Crippen LogP contribution in [-0.4, -0.2) is 4.98 Å². The Morgan fingerprint density at radius 1 is 1.17 bits per heavy atom. The van der Waals surface area contributed by atoms with Crippen molar-refractivity contribution < 1.29 is 20.4 Å². The zero-order chi connectivity index (χ0) is 8.39. The van der Waals surface area contributed by atoms with E-state index in [9.17, 15) is 0 Å². The summed E-state index contributed by atoms with van der Waals surface area (Å²) < 4.78 is 5.04. The summed E-state index contributed by atoms with van der Waals surface area (Å²) in [5.74, 6) is 0.771. The number of rotatable bonds is 1. The molecule has 0 saturated heterocycles. The van der Waals surface area contributed by atoms with Crippen molar-refractivity contribution in [1.82, 2.24) is 4.98 Å². The van der Waals surface area contributed by atoms with Crippen LogP contribution in [0.3, 0.4) is 0 Å². The van der Waals surface area contributed by atoms with Crippen LogP contribution in [0.15, 0.2) is 36.5 Å². The number of hydrogen-bond acceptors (Lipinski definition) is 2. The summed E-state index contributed by atoms with van der Waals surface area (Å²) in [6.07, 6.45) is 1.75. The number of fused-ring (bicyclic) bond motifs is 1. The van der Waals surface area contributed by atoms with Crippen LogP contribution in [0.2, 0.25) is 0 Å². The molecule has 2 nitrogen and oxygen atoms in total. The second-order valence-corrected chi connectivity index (χ2v) is 2.67. The summed E-state index contributed by atoms with van der Waals surface area (Å²) in [5.41, 5.74) is 0.888. The molecule has 0 radical (unpaired) electrons. The first kappa shape index (κ1) is 7.60. The summed E-state index contributed by atoms with van der Waals surface area (Å²) in [7, 11) is 0. The van der Waals surface area contributed by atoms with Crippen molar-refractivity contribution in [3.63, 3.8) is 0 Å². The van der Waals surface area contributed by atoms with Crippen molar-refractivity contribution in [3.05, 3.63) is 36.5 Å². The minimum atomic E-state index is 0.771. The number of pyridine rings is 1. The van der Waals surface area contributed by atoms with Crippen molar-refractivity contribution in [2.45, 2.75) is 0 Å². The first-order valence-corrected chi connectivity index (χ1v) is 4.07. The fourth-order valence-corrected chi connectivity index (χ4v) is 1.35. The summed E-state index contributed by atoms with van der Waals surface area (Å²) >= 11 is 2.51. The Morgan fingerprint density at radius 3 is 2.83 bits per heavy atom. The zero-order valence-corrected chi connectivity index (χ0v) is 7.50. The molecule has 0 aliphatic carbocycles. The number of aromatic nitrogens is 1. The molecule has 12 heavy (non-hydrogen) atoms. The average Bonchev–Trinajstić information content (AvgIpc) is 2.17. The molecule has 1 aromatic heterocycles. The molecular formula is C9H6CrNO. The van der Waals surface area contributed by atoms with Gasteiger partial charge in [0.1, 0.15) is 0 Å². The van der Waals surface area contributed by atoms with Gasteiger partial charge in [0, 0.05) is 0 Å². The van der Waals surface area contributed by atoms with Crippen molar-refractivity contribution in [3.8, 4) is 5.75 Å². The standard InChI is InChI=1S/C9H7NO.Cr/c11-8-5-1-3-7-4-2-6-10-9(7)8;/h1-6,11H;/q;+1/p-1.